The van der Waals surface area contributed by atoms with Crippen LogP contribution in [-0.2, 0) is 16.1 Å². The number of nitrogens with one attached hydrogen (secondary N) is 1. The van der Waals surface area contributed by atoms with Crippen LogP contribution in [0.25, 0.3) is 0 Å². The van der Waals surface area contributed by atoms with Crippen LogP contribution in [0.1, 0.15) is 25.3 Å². The predicted octanol–water partition coefficient (Wildman–Crippen LogP) is 2.21. The maximum atomic E-state index is 11.3. The Morgan fingerprint density at radius 1 is 1.29 bits per heavy atom. The molecule has 2 aliphatic rings. The van der Waals surface area contributed by atoms with Crippen molar-refractivity contribution in [1.29, 1.82) is 0 Å². The third-order valence-corrected chi connectivity index (χ3v) is 4.61. The smallest absolute Gasteiger partial charge is 0.217 e. The molecule has 2 bridgehead atoms. The molecule has 1 amide bonds. The number of rotatable bonds is 3. The van der Waals surface area contributed by atoms with E-state index >= 15 is 0 Å². The highest BCUT2D eigenvalue weighted by Crippen LogP contribution is 2.29. The molecule has 1 aromatic rings. The summed E-state index contributed by atoms with van der Waals surface area (Å²) in [5, 5.41) is 3.83. The van der Waals surface area contributed by atoms with Crippen LogP contribution in [0, 0.1) is 0 Å². The molecule has 5 heteroatoms. The molecule has 0 aromatic heterocycles. The number of amides is 1. The van der Waals surface area contributed by atoms with Crippen LogP contribution in [0.4, 0.5) is 0 Å². The third kappa shape index (κ3) is 3.57. The van der Waals surface area contributed by atoms with E-state index in [2.05, 4.69) is 22.3 Å². The number of morpholine rings is 1. The van der Waals surface area contributed by atoms with Crippen LogP contribution in [0.15, 0.2) is 24.3 Å². The van der Waals surface area contributed by atoms with Crippen molar-refractivity contribution in [3.05, 3.63) is 34.9 Å². The molecule has 3 rings (SSSR count). The summed E-state index contributed by atoms with van der Waals surface area (Å²) in [6, 6.07) is 9.08. The molecule has 2 heterocycles. The second kappa shape index (κ2) is 6.34. The van der Waals surface area contributed by atoms with Crippen molar-refractivity contribution in [2.45, 2.75) is 44.4 Å². The average molecular weight is 309 g/mol. The standard InChI is InChI=1S/C16H21ClN2O2/c1-11(20)18-14-6-15-9-21-10-16(7-14)19(15)8-12-2-4-13(17)5-3-12/h2-5,14-16H,6-10H2,1H3,(H,18,20). The second-order valence-electron chi connectivity index (χ2n) is 6.01. The van der Waals surface area contributed by atoms with E-state index in [0.717, 1.165) is 37.6 Å². The molecule has 4 nitrogen and oxygen atoms in total. The van der Waals surface area contributed by atoms with Crippen LogP contribution in [0.3, 0.4) is 0 Å². The Morgan fingerprint density at radius 3 is 2.48 bits per heavy atom. The summed E-state index contributed by atoms with van der Waals surface area (Å²) in [5.41, 5.74) is 1.27. The van der Waals surface area contributed by atoms with Crippen molar-refractivity contribution in [3.63, 3.8) is 0 Å². The third-order valence-electron chi connectivity index (χ3n) is 4.36. The maximum Gasteiger partial charge on any atom is 0.217 e. The Labute approximate surface area is 130 Å². The molecule has 2 atom stereocenters. The molecule has 2 saturated heterocycles. The van der Waals surface area contributed by atoms with Crippen LogP contribution >= 0.6 is 11.6 Å². The van der Waals surface area contributed by atoms with Crippen molar-refractivity contribution in [1.82, 2.24) is 10.2 Å². The topological polar surface area (TPSA) is 41.6 Å². The first-order valence-corrected chi connectivity index (χ1v) is 7.84. The highest BCUT2D eigenvalue weighted by Gasteiger charge is 2.39. The number of piperidine rings is 1. The van der Waals surface area contributed by atoms with E-state index in [1.54, 1.807) is 6.92 Å². The molecular weight excluding hydrogens is 288 g/mol. The molecule has 0 spiro atoms. The Balaban J connectivity index is 1.68. The van der Waals surface area contributed by atoms with E-state index in [4.69, 9.17) is 16.3 Å². The first kappa shape index (κ1) is 14.8. The van der Waals surface area contributed by atoms with Gasteiger partial charge < -0.3 is 10.1 Å². The van der Waals surface area contributed by atoms with Gasteiger partial charge in [0.2, 0.25) is 5.91 Å². The van der Waals surface area contributed by atoms with Crippen LogP contribution < -0.4 is 5.32 Å². The van der Waals surface area contributed by atoms with E-state index in [0.29, 0.717) is 12.1 Å². The van der Waals surface area contributed by atoms with Gasteiger partial charge in [0.05, 0.1) is 13.2 Å². The highest BCUT2D eigenvalue weighted by molar-refractivity contribution is 6.30. The van der Waals surface area contributed by atoms with Gasteiger partial charge in [-0.1, -0.05) is 23.7 Å². The van der Waals surface area contributed by atoms with Gasteiger partial charge in [0.15, 0.2) is 0 Å². The number of nitrogens with zero attached hydrogens (tertiary/aromatic N) is 1. The summed E-state index contributed by atoms with van der Waals surface area (Å²) >= 11 is 5.94. The second-order valence-corrected chi connectivity index (χ2v) is 6.45. The first-order chi connectivity index (χ1) is 10.1. The summed E-state index contributed by atoms with van der Waals surface area (Å²) in [4.78, 5) is 13.8. The lowest BCUT2D eigenvalue weighted by Gasteiger charge is -2.48. The van der Waals surface area contributed by atoms with E-state index in [1.807, 2.05) is 12.1 Å². The Kier molecular flexibility index (Phi) is 4.48. The van der Waals surface area contributed by atoms with Crippen molar-refractivity contribution < 1.29 is 9.53 Å². The van der Waals surface area contributed by atoms with Crippen molar-refractivity contribution >= 4 is 17.5 Å². The van der Waals surface area contributed by atoms with Gasteiger partial charge in [0.1, 0.15) is 0 Å². The largest absolute Gasteiger partial charge is 0.378 e. The molecule has 2 aliphatic heterocycles. The normalized spacial score (nSPS) is 29.1. The van der Waals surface area contributed by atoms with Crippen molar-refractivity contribution in [2.24, 2.45) is 0 Å². The van der Waals surface area contributed by atoms with Crippen molar-refractivity contribution in [3.8, 4) is 0 Å². The van der Waals surface area contributed by atoms with Gasteiger partial charge in [-0.3, -0.25) is 9.69 Å². The van der Waals surface area contributed by atoms with Gasteiger partial charge in [0.25, 0.3) is 0 Å². The molecule has 1 N–H and O–H groups in total. The van der Waals surface area contributed by atoms with E-state index in [9.17, 15) is 4.79 Å². The Morgan fingerprint density at radius 2 is 1.90 bits per heavy atom. The zero-order chi connectivity index (χ0) is 14.8. The number of carbonyl (C=O) groups excluding carboxylic acids is 1. The lowest BCUT2D eigenvalue weighted by Crippen LogP contribution is -2.60. The highest BCUT2D eigenvalue weighted by atomic mass is 35.5. The predicted molar refractivity (Wildman–Crippen MR) is 82.2 cm³/mol. The minimum Gasteiger partial charge on any atom is -0.378 e. The number of halogens is 1. The zero-order valence-corrected chi connectivity index (χ0v) is 13.0. The van der Waals surface area contributed by atoms with Crippen LogP contribution in [0.2, 0.25) is 5.02 Å². The molecule has 2 fully saturated rings. The minimum absolute atomic E-state index is 0.0603. The summed E-state index contributed by atoms with van der Waals surface area (Å²) in [6.07, 6.45) is 1.92. The molecule has 0 aliphatic carbocycles. The van der Waals surface area contributed by atoms with Gasteiger partial charge in [-0.15, -0.1) is 0 Å². The lowest BCUT2D eigenvalue weighted by atomic mass is 9.89. The molecule has 2 unspecified atom stereocenters. The molecule has 114 valence electrons. The number of ether oxygens (including phenoxy) is 1. The fourth-order valence-electron chi connectivity index (χ4n) is 3.45. The summed E-state index contributed by atoms with van der Waals surface area (Å²) in [6.45, 7) is 4.01. The van der Waals surface area contributed by atoms with Gasteiger partial charge in [-0.05, 0) is 30.5 Å². The number of carbonyl (C=O) groups is 1. The minimum atomic E-state index is 0.0603. The fourth-order valence-corrected chi connectivity index (χ4v) is 3.58. The number of hydrogen-bond donors (Lipinski definition) is 1. The lowest BCUT2D eigenvalue weighted by molar-refractivity contribution is -0.122. The fraction of sp³-hybridized carbons (Fsp3) is 0.562. The first-order valence-electron chi connectivity index (χ1n) is 7.47. The molecule has 1 aromatic carbocycles. The summed E-state index contributed by atoms with van der Waals surface area (Å²) < 4.78 is 5.70. The van der Waals surface area contributed by atoms with Crippen LogP contribution in [0.5, 0.6) is 0 Å². The zero-order valence-electron chi connectivity index (χ0n) is 12.2. The maximum absolute atomic E-state index is 11.3. The Bertz CT molecular complexity index is 492. The number of hydrogen-bond acceptors (Lipinski definition) is 3. The monoisotopic (exact) mass is 308 g/mol. The number of fused-ring (bicyclic) bond motifs is 2. The van der Waals surface area contributed by atoms with E-state index in [1.165, 1.54) is 5.56 Å². The average Bonchev–Trinajstić information content (AvgIpc) is 2.41. The van der Waals surface area contributed by atoms with Crippen LogP contribution in [-0.4, -0.2) is 42.1 Å². The molecule has 0 radical (unpaired) electrons. The molecule has 21 heavy (non-hydrogen) atoms. The SMILES string of the molecule is CC(=O)NC1CC2COCC(C1)N2Cc1ccc(Cl)cc1. The van der Waals surface area contributed by atoms with Gasteiger partial charge in [0, 0.05) is 36.6 Å². The Hall–Kier alpha value is -1.10. The van der Waals surface area contributed by atoms with Crippen molar-refractivity contribution in [2.75, 3.05) is 13.2 Å². The molecule has 0 saturated carbocycles. The van der Waals surface area contributed by atoms with Gasteiger partial charge in [-0.2, -0.15) is 0 Å². The van der Waals surface area contributed by atoms with Gasteiger partial charge >= 0.3 is 0 Å². The quantitative estimate of drug-likeness (QED) is 0.931. The summed E-state index contributed by atoms with van der Waals surface area (Å²) in [7, 11) is 0. The summed E-state index contributed by atoms with van der Waals surface area (Å²) in [5.74, 6) is 0.0603. The van der Waals surface area contributed by atoms with E-state index < -0.39 is 0 Å². The number of benzene rings is 1. The van der Waals surface area contributed by atoms with Gasteiger partial charge in [-0.25, -0.2) is 0 Å². The van der Waals surface area contributed by atoms with E-state index in [-0.39, 0.29) is 11.9 Å². The molecular formula is C16H21ClN2O2.